The number of hydrogen-bond donors (Lipinski definition) is 1. The van der Waals surface area contributed by atoms with Crippen LogP contribution in [0.1, 0.15) is 27.4 Å². The Morgan fingerprint density at radius 2 is 2.10 bits per heavy atom. The molecule has 4 rings (SSSR count). The highest BCUT2D eigenvalue weighted by molar-refractivity contribution is 6.04. The van der Waals surface area contributed by atoms with Crippen molar-refractivity contribution in [2.75, 3.05) is 5.32 Å². The van der Waals surface area contributed by atoms with E-state index in [-0.39, 0.29) is 5.91 Å². The normalized spacial score (nSPS) is 10.7. The summed E-state index contributed by atoms with van der Waals surface area (Å²) in [6.07, 6.45) is 5.07. The number of aromatic nitrogens is 4. The predicted molar refractivity (Wildman–Crippen MR) is 106 cm³/mol. The minimum atomic E-state index is -0.249. The number of benzene rings is 1. The van der Waals surface area contributed by atoms with Crippen LogP contribution >= 0.6 is 0 Å². The monoisotopic (exact) mass is 389 g/mol. The van der Waals surface area contributed by atoms with Gasteiger partial charge < -0.3 is 14.6 Å². The molecule has 0 radical (unpaired) electrons. The first-order chi connectivity index (χ1) is 14.1. The fourth-order valence-corrected chi connectivity index (χ4v) is 2.79. The van der Waals surface area contributed by atoms with E-state index in [1.165, 1.54) is 0 Å². The Hall–Kier alpha value is -3.94. The number of nitrogens with zero attached hydrogens (tertiary/aromatic N) is 4. The molecule has 1 N–H and O–H groups in total. The Labute approximate surface area is 167 Å². The van der Waals surface area contributed by atoms with E-state index in [4.69, 9.17) is 9.26 Å². The molecule has 1 aromatic carbocycles. The standard InChI is InChI=1S/C21H19N5O3/c1-14-19(15(2)29-25-14)13-28-18-6-3-5-16(11-18)21(27)24-17-7-8-20(22-12-17)26-10-4-9-23-26/h3-12H,13H2,1-2H3,(H,24,27). The quantitative estimate of drug-likeness (QED) is 0.540. The highest BCUT2D eigenvalue weighted by atomic mass is 16.5. The molecule has 8 heteroatoms. The summed E-state index contributed by atoms with van der Waals surface area (Å²) in [5, 5.41) is 10.9. The Bertz CT molecular complexity index is 1100. The van der Waals surface area contributed by atoms with Crippen LogP contribution in [0.4, 0.5) is 5.69 Å². The highest BCUT2D eigenvalue weighted by Crippen LogP contribution is 2.19. The van der Waals surface area contributed by atoms with Gasteiger partial charge in [0.25, 0.3) is 5.91 Å². The van der Waals surface area contributed by atoms with Crippen LogP contribution in [0.15, 0.2) is 65.6 Å². The number of hydrogen-bond acceptors (Lipinski definition) is 6. The molecule has 0 fully saturated rings. The molecule has 3 heterocycles. The molecular formula is C21H19N5O3. The largest absolute Gasteiger partial charge is 0.489 e. The molecule has 146 valence electrons. The first-order valence-corrected chi connectivity index (χ1v) is 9.02. The molecular weight excluding hydrogens is 370 g/mol. The predicted octanol–water partition coefficient (Wildman–Crippen LogP) is 3.70. The van der Waals surface area contributed by atoms with Crippen LogP contribution in [0.5, 0.6) is 5.75 Å². The van der Waals surface area contributed by atoms with Crippen molar-refractivity contribution in [3.05, 3.63) is 83.6 Å². The van der Waals surface area contributed by atoms with Crippen molar-refractivity contribution < 1.29 is 14.1 Å². The first-order valence-electron chi connectivity index (χ1n) is 9.02. The second-order valence-electron chi connectivity index (χ2n) is 6.43. The molecule has 0 saturated heterocycles. The van der Waals surface area contributed by atoms with Gasteiger partial charge in [0, 0.05) is 18.0 Å². The molecule has 0 aliphatic heterocycles. The number of aryl methyl sites for hydroxylation is 2. The number of nitrogens with one attached hydrogen (secondary N) is 1. The molecule has 0 atom stereocenters. The van der Waals surface area contributed by atoms with Crippen molar-refractivity contribution >= 4 is 11.6 Å². The van der Waals surface area contributed by atoms with Gasteiger partial charge in [0.05, 0.1) is 23.1 Å². The zero-order valence-electron chi connectivity index (χ0n) is 16.0. The van der Waals surface area contributed by atoms with Crippen molar-refractivity contribution in [1.29, 1.82) is 0 Å². The van der Waals surface area contributed by atoms with Crippen molar-refractivity contribution in [2.24, 2.45) is 0 Å². The number of amides is 1. The van der Waals surface area contributed by atoms with Gasteiger partial charge in [-0.3, -0.25) is 4.79 Å². The van der Waals surface area contributed by atoms with Gasteiger partial charge in [-0.2, -0.15) is 5.10 Å². The molecule has 0 spiro atoms. The Morgan fingerprint density at radius 1 is 1.21 bits per heavy atom. The van der Waals surface area contributed by atoms with Crippen molar-refractivity contribution in [1.82, 2.24) is 19.9 Å². The summed E-state index contributed by atoms with van der Waals surface area (Å²) in [5.74, 6) is 1.73. The molecule has 8 nitrogen and oxygen atoms in total. The molecule has 0 unspecified atom stereocenters. The number of pyridine rings is 1. The third kappa shape index (κ3) is 4.16. The van der Waals surface area contributed by atoms with Crippen molar-refractivity contribution in [3.8, 4) is 11.6 Å². The lowest BCUT2D eigenvalue weighted by Crippen LogP contribution is -2.12. The lowest BCUT2D eigenvalue weighted by molar-refractivity contribution is 0.102. The highest BCUT2D eigenvalue weighted by Gasteiger charge is 2.11. The topological polar surface area (TPSA) is 95.1 Å². The fraction of sp³-hybridized carbons (Fsp3) is 0.143. The van der Waals surface area contributed by atoms with Gasteiger partial charge in [0.2, 0.25) is 0 Å². The minimum Gasteiger partial charge on any atom is -0.489 e. The summed E-state index contributed by atoms with van der Waals surface area (Å²) < 4.78 is 12.6. The van der Waals surface area contributed by atoms with Gasteiger partial charge in [0.1, 0.15) is 18.1 Å². The zero-order chi connectivity index (χ0) is 20.2. The average molecular weight is 389 g/mol. The number of carbonyl (C=O) groups is 1. The summed E-state index contributed by atoms with van der Waals surface area (Å²) in [6, 6.07) is 12.4. The van der Waals surface area contributed by atoms with Gasteiger partial charge in [0.15, 0.2) is 5.82 Å². The summed E-state index contributed by atoms with van der Waals surface area (Å²) in [7, 11) is 0. The molecule has 0 saturated carbocycles. The SMILES string of the molecule is Cc1noc(C)c1COc1cccc(C(=O)Nc2ccc(-n3cccn3)nc2)c1. The van der Waals surface area contributed by atoms with Gasteiger partial charge >= 0.3 is 0 Å². The van der Waals surface area contributed by atoms with E-state index < -0.39 is 0 Å². The molecule has 1 amide bonds. The number of carbonyl (C=O) groups excluding carboxylic acids is 1. The van der Waals surface area contributed by atoms with Crippen LogP contribution in [0.2, 0.25) is 0 Å². The van der Waals surface area contributed by atoms with E-state index >= 15 is 0 Å². The van der Waals surface area contributed by atoms with E-state index in [0.717, 1.165) is 17.0 Å². The maximum atomic E-state index is 12.6. The maximum Gasteiger partial charge on any atom is 0.255 e. The van der Waals surface area contributed by atoms with E-state index in [1.54, 1.807) is 59.7 Å². The van der Waals surface area contributed by atoms with E-state index in [0.29, 0.717) is 29.4 Å². The van der Waals surface area contributed by atoms with E-state index in [1.807, 2.05) is 19.9 Å². The van der Waals surface area contributed by atoms with Crippen molar-refractivity contribution in [2.45, 2.75) is 20.5 Å². The first kappa shape index (κ1) is 18.4. The molecule has 0 aliphatic rings. The van der Waals surface area contributed by atoms with Crippen LogP contribution in [-0.4, -0.2) is 25.8 Å². The third-order valence-corrected chi connectivity index (χ3v) is 4.41. The molecule has 0 aliphatic carbocycles. The van der Waals surface area contributed by atoms with Gasteiger partial charge in [-0.05, 0) is 50.2 Å². The second-order valence-corrected chi connectivity index (χ2v) is 6.43. The Balaban J connectivity index is 1.42. The summed E-state index contributed by atoms with van der Waals surface area (Å²) in [4.78, 5) is 16.9. The lowest BCUT2D eigenvalue weighted by atomic mass is 10.2. The maximum absolute atomic E-state index is 12.6. The number of ether oxygens (including phenoxy) is 1. The molecule has 4 aromatic rings. The van der Waals surface area contributed by atoms with Crippen LogP contribution in [-0.2, 0) is 6.61 Å². The van der Waals surface area contributed by atoms with E-state index in [9.17, 15) is 4.79 Å². The summed E-state index contributed by atoms with van der Waals surface area (Å²) >= 11 is 0. The van der Waals surface area contributed by atoms with Crippen molar-refractivity contribution in [3.63, 3.8) is 0 Å². The van der Waals surface area contributed by atoms with Crippen LogP contribution in [0.25, 0.3) is 5.82 Å². The minimum absolute atomic E-state index is 0.249. The van der Waals surface area contributed by atoms with Crippen LogP contribution in [0, 0.1) is 13.8 Å². The van der Waals surface area contributed by atoms with E-state index in [2.05, 4.69) is 20.6 Å². The van der Waals surface area contributed by atoms with Gasteiger partial charge in [-0.25, -0.2) is 9.67 Å². The van der Waals surface area contributed by atoms with Crippen LogP contribution < -0.4 is 10.1 Å². The second kappa shape index (κ2) is 7.97. The zero-order valence-corrected chi connectivity index (χ0v) is 16.0. The Kier molecular flexibility index (Phi) is 5.07. The number of anilines is 1. The van der Waals surface area contributed by atoms with Crippen LogP contribution in [0.3, 0.4) is 0 Å². The Morgan fingerprint density at radius 3 is 2.79 bits per heavy atom. The molecule has 29 heavy (non-hydrogen) atoms. The molecule has 3 aromatic heterocycles. The molecule has 0 bridgehead atoms. The van der Waals surface area contributed by atoms with Gasteiger partial charge in [-0.1, -0.05) is 11.2 Å². The lowest BCUT2D eigenvalue weighted by Gasteiger charge is -2.09. The fourth-order valence-electron chi connectivity index (χ4n) is 2.79. The average Bonchev–Trinajstić information content (AvgIpc) is 3.38. The number of rotatable bonds is 6. The summed E-state index contributed by atoms with van der Waals surface area (Å²) in [5.41, 5.74) is 2.77. The third-order valence-electron chi connectivity index (χ3n) is 4.41. The van der Waals surface area contributed by atoms with Gasteiger partial charge in [-0.15, -0.1) is 0 Å². The smallest absolute Gasteiger partial charge is 0.255 e. The summed E-state index contributed by atoms with van der Waals surface area (Å²) in [6.45, 7) is 4.03.